The molecule has 0 saturated heterocycles. The van der Waals surface area contributed by atoms with Crippen molar-refractivity contribution in [3.05, 3.63) is 113 Å². The first-order chi connectivity index (χ1) is 14.7. The lowest BCUT2D eigenvalue weighted by atomic mass is 10.1. The molecule has 0 saturated carbocycles. The fourth-order valence-electron chi connectivity index (χ4n) is 3.28. The average molecular weight is 405 g/mol. The Morgan fingerprint density at radius 3 is 1.87 bits per heavy atom. The maximum absolute atomic E-state index is 13.3. The third kappa shape index (κ3) is 5.33. The van der Waals surface area contributed by atoms with Crippen LogP contribution in [0, 0.1) is 11.6 Å². The van der Waals surface area contributed by atoms with Gasteiger partial charge in [-0.3, -0.25) is 4.90 Å². The third-order valence-electron chi connectivity index (χ3n) is 4.79. The number of benzene rings is 3. The lowest BCUT2D eigenvalue weighted by molar-refractivity contribution is 0.236. The highest BCUT2D eigenvalue weighted by Gasteiger charge is 2.14. The van der Waals surface area contributed by atoms with Gasteiger partial charge in [0.25, 0.3) is 0 Å². The molecule has 0 atom stereocenters. The first kappa shape index (κ1) is 19.8. The fraction of sp³-hybridized carbons (Fsp3) is 0.174. The zero-order valence-corrected chi connectivity index (χ0v) is 16.3. The van der Waals surface area contributed by atoms with Crippen molar-refractivity contribution in [3.63, 3.8) is 0 Å². The molecule has 30 heavy (non-hydrogen) atoms. The van der Waals surface area contributed by atoms with Gasteiger partial charge < -0.3 is 0 Å². The molecule has 7 heteroatoms. The highest BCUT2D eigenvalue weighted by atomic mass is 19.1. The molecular weight excluding hydrogens is 384 g/mol. The highest BCUT2D eigenvalue weighted by molar-refractivity contribution is 5.19. The number of aromatic nitrogens is 4. The van der Waals surface area contributed by atoms with Crippen LogP contribution in [-0.4, -0.2) is 25.1 Å². The molecule has 0 aliphatic carbocycles. The molecule has 0 aliphatic rings. The normalized spacial score (nSPS) is 11.2. The van der Waals surface area contributed by atoms with Crippen molar-refractivity contribution >= 4 is 0 Å². The zero-order chi connectivity index (χ0) is 20.8. The molecule has 4 aromatic rings. The Morgan fingerprint density at radius 2 is 1.23 bits per heavy atom. The summed E-state index contributed by atoms with van der Waals surface area (Å²) in [6.07, 6.45) is 0. The number of nitrogens with zero attached hydrogens (tertiary/aromatic N) is 5. The lowest BCUT2D eigenvalue weighted by Crippen LogP contribution is -2.25. The minimum absolute atomic E-state index is 0.253. The van der Waals surface area contributed by atoms with Gasteiger partial charge in [-0.15, -0.1) is 5.10 Å². The molecule has 0 amide bonds. The van der Waals surface area contributed by atoms with Gasteiger partial charge in [0.15, 0.2) is 5.82 Å². The van der Waals surface area contributed by atoms with Crippen molar-refractivity contribution < 1.29 is 8.78 Å². The van der Waals surface area contributed by atoms with Crippen molar-refractivity contribution in [2.75, 3.05) is 0 Å². The largest absolute Gasteiger partial charge is 0.287 e. The molecule has 0 radical (unpaired) electrons. The van der Waals surface area contributed by atoms with Crippen LogP contribution in [0.3, 0.4) is 0 Å². The molecule has 0 fully saturated rings. The Labute approximate surface area is 173 Å². The summed E-state index contributed by atoms with van der Waals surface area (Å²) in [7, 11) is 0. The van der Waals surface area contributed by atoms with E-state index in [1.54, 1.807) is 28.9 Å². The van der Waals surface area contributed by atoms with Gasteiger partial charge in [0.05, 0.1) is 13.1 Å². The summed E-state index contributed by atoms with van der Waals surface area (Å²) in [5.41, 5.74) is 3.08. The van der Waals surface area contributed by atoms with Crippen molar-refractivity contribution in [2.24, 2.45) is 0 Å². The molecule has 1 aromatic heterocycles. The highest BCUT2D eigenvalue weighted by Crippen LogP contribution is 2.14. The van der Waals surface area contributed by atoms with Crippen LogP contribution in [0.15, 0.2) is 78.9 Å². The smallest absolute Gasteiger partial charge is 0.165 e. The monoisotopic (exact) mass is 405 g/mol. The van der Waals surface area contributed by atoms with E-state index in [2.05, 4.69) is 32.6 Å². The van der Waals surface area contributed by atoms with Crippen LogP contribution in [0.4, 0.5) is 8.78 Å². The van der Waals surface area contributed by atoms with E-state index in [4.69, 9.17) is 0 Å². The summed E-state index contributed by atoms with van der Waals surface area (Å²) in [4.78, 5) is 2.20. The Hall–Kier alpha value is -3.45. The molecule has 1 heterocycles. The van der Waals surface area contributed by atoms with Crippen LogP contribution < -0.4 is 0 Å². The molecule has 0 bridgehead atoms. The minimum atomic E-state index is -0.274. The maximum Gasteiger partial charge on any atom is 0.165 e. The quantitative estimate of drug-likeness (QED) is 0.441. The molecule has 5 nitrogen and oxygen atoms in total. The second kappa shape index (κ2) is 9.37. The number of halogens is 2. The van der Waals surface area contributed by atoms with Crippen molar-refractivity contribution in [1.82, 2.24) is 25.1 Å². The predicted octanol–water partition coefficient (Wildman–Crippen LogP) is 4.20. The van der Waals surface area contributed by atoms with E-state index in [0.29, 0.717) is 32.0 Å². The first-order valence-electron chi connectivity index (χ1n) is 9.66. The van der Waals surface area contributed by atoms with Crippen LogP contribution >= 0.6 is 0 Å². The summed E-state index contributed by atoms with van der Waals surface area (Å²) in [6.45, 7) is 2.29. The van der Waals surface area contributed by atoms with Crippen LogP contribution in [0.2, 0.25) is 0 Å². The van der Waals surface area contributed by atoms with Crippen LogP contribution in [0.5, 0.6) is 0 Å². The van der Waals surface area contributed by atoms with Crippen LogP contribution in [0.1, 0.15) is 22.5 Å². The summed E-state index contributed by atoms with van der Waals surface area (Å²) in [5.74, 6) is 0.179. The molecule has 0 spiro atoms. The van der Waals surface area contributed by atoms with Gasteiger partial charge in [-0.05, 0) is 51.4 Å². The van der Waals surface area contributed by atoms with E-state index in [1.165, 1.54) is 24.3 Å². The van der Waals surface area contributed by atoms with Crippen LogP contribution in [-0.2, 0) is 26.2 Å². The number of tetrazole rings is 1. The Balaban J connectivity index is 1.53. The number of rotatable bonds is 8. The van der Waals surface area contributed by atoms with E-state index >= 15 is 0 Å². The number of hydrogen-bond donors (Lipinski definition) is 0. The molecular formula is C23H21F2N5. The maximum atomic E-state index is 13.3. The van der Waals surface area contributed by atoms with Crippen molar-refractivity contribution in [3.8, 4) is 0 Å². The average Bonchev–Trinajstić information content (AvgIpc) is 3.18. The van der Waals surface area contributed by atoms with Gasteiger partial charge in [-0.25, -0.2) is 13.5 Å². The predicted molar refractivity (Wildman–Crippen MR) is 109 cm³/mol. The van der Waals surface area contributed by atoms with Gasteiger partial charge >= 0.3 is 0 Å². The molecule has 152 valence electrons. The van der Waals surface area contributed by atoms with Gasteiger partial charge in [0.2, 0.25) is 0 Å². The lowest BCUT2D eigenvalue weighted by Gasteiger charge is -2.22. The summed E-state index contributed by atoms with van der Waals surface area (Å²) in [5, 5.41) is 12.1. The van der Waals surface area contributed by atoms with E-state index in [0.717, 1.165) is 16.7 Å². The second-order valence-electron chi connectivity index (χ2n) is 7.14. The number of hydrogen-bond acceptors (Lipinski definition) is 4. The van der Waals surface area contributed by atoms with Crippen LogP contribution in [0.25, 0.3) is 0 Å². The Kier molecular flexibility index (Phi) is 6.20. The molecule has 0 unspecified atom stereocenters. The Morgan fingerprint density at radius 1 is 0.667 bits per heavy atom. The van der Waals surface area contributed by atoms with E-state index in [-0.39, 0.29) is 11.6 Å². The van der Waals surface area contributed by atoms with Gasteiger partial charge in [-0.1, -0.05) is 54.6 Å². The summed E-state index contributed by atoms with van der Waals surface area (Å²) >= 11 is 0. The van der Waals surface area contributed by atoms with E-state index < -0.39 is 0 Å². The summed E-state index contributed by atoms with van der Waals surface area (Å²) < 4.78 is 28.2. The first-order valence-corrected chi connectivity index (χ1v) is 9.66. The van der Waals surface area contributed by atoms with Crippen molar-refractivity contribution in [1.29, 1.82) is 0 Å². The topological polar surface area (TPSA) is 46.8 Å². The molecule has 4 rings (SSSR count). The SMILES string of the molecule is Fc1ccc(CN(Cc2ccccc2)Cc2nnnn2Cc2ccc(F)cc2)cc1. The van der Waals surface area contributed by atoms with E-state index in [9.17, 15) is 8.78 Å². The van der Waals surface area contributed by atoms with Crippen molar-refractivity contribution in [2.45, 2.75) is 26.2 Å². The molecule has 3 aromatic carbocycles. The minimum Gasteiger partial charge on any atom is -0.287 e. The van der Waals surface area contributed by atoms with Gasteiger partial charge in [-0.2, -0.15) is 0 Å². The van der Waals surface area contributed by atoms with E-state index in [1.807, 2.05) is 18.2 Å². The molecule has 0 aliphatic heterocycles. The second-order valence-corrected chi connectivity index (χ2v) is 7.14. The van der Waals surface area contributed by atoms with Gasteiger partial charge in [0.1, 0.15) is 11.6 Å². The third-order valence-corrected chi connectivity index (χ3v) is 4.79. The standard InChI is InChI=1S/C23H21F2N5/c24-21-10-6-19(7-11-21)15-29(14-18-4-2-1-3-5-18)17-23-26-27-28-30(23)16-20-8-12-22(25)13-9-20/h1-13H,14-17H2. The Bertz CT molecular complexity index is 1060. The fourth-order valence-corrected chi connectivity index (χ4v) is 3.28. The zero-order valence-electron chi connectivity index (χ0n) is 16.3. The summed E-state index contributed by atoms with van der Waals surface area (Å²) in [6, 6.07) is 22.9. The van der Waals surface area contributed by atoms with Gasteiger partial charge in [0, 0.05) is 13.1 Å². The molecule has 0 N–H and O–H groups in total.